The summed E-state index contributed by atoms with van der Waals surface area (Å²) in [6.07, 6.45) is 0.353. The van der Waals surface area contributed by atoms with E-state index in [0.717, 1.165) is 4.90 Å². The fourth-order valence-corrected chi connectivity index (χ4v) is 2.31. The summed E-state index contributed by atoms with van der Waals surface area (Å²) in [6, 6.07) is 5.76. The number of sulfone groups is 1. The highest BCUT2D eigenvalue weighted by atomic mass is 32.2. The van der Waals surface area contributed by atoms with E-state index in [1.807, 2.05) is 0 Å². The van der Waals surface area contributed by atoms with Gasteiger partial charge in [-0.25, -0.2) is 13.2 Å². The van der Waals surface area contributed by atoms with Gasteiger partial charge in [-0.3, -0.25) is 4.90 Å². The van der Waals surface area contributed by atoms with Crippen LogP contribution in [0.4, 0.5) is 10.5 Å². The number of hydrogen-bond donors (Lipinski definition) is 1. The second kappa shape index (κ2) is 5.68. The molecule has 0 aliphatic heterocycles. The molecule has 0 radical (unpaired) electrons. The van der Waals surface area contributed by atoms with Crippen LogP contribution in [-0.4, -0.2) is 31.9 Å². The van der Waals surface area contributed by atoms with Gasteiger partial charge in [0.2, 0.25) is 0 Å². The lowest BCUT2D eigenvalue weighted by Gasteiger charge is -2.17. The Hall–Kier alpha value is -1.82. The zero-order chi connectivity index (χ0) is 13.8. The lowest BCUT2D eigenvalue weighted by molar-refractivity contribution is 0.202. The quantitative estimate of drug-likeness (QED) is 0.831. The molecule has 1 N–H and O–H groups in total. The molecule has 0 unspecified atom stereocenters. The maximum atomic E-state index is 11.6. The van der Waals surface area contributed by atoms with Crippen LogP contribution >= 0.6 is 0 Å². The van der Waals surface area contributed by atoms with Gasteiger partial charge in [-0.15, -0.1) is 6.58 Å². The van der Waals surface area contributed by atoms with Gasteiger partial charge < -0.3 is 5.11 Å². The van der Waals surface area contributed by atoms with Crippen molar-refractivity contribution >= 4 is 21.6 Å². The van der Waals surface area contributed by atoms with Gasteiger partial charge in [0.05, 0.1) is 10.6 Å². The predicted octanol–water partition coefficient (Wildman–Crippen LogP) is 2.15. The first-order chi connectivity index (χ1) is 8.42. The molecule has 0 saturated heterocycles. The van der Waals surface area contributed by atoms with Crippen LogP contribution in [0.1, 0.15) is 6.92 Å². The number of carboxylic acid groups (broad SMARTS) is 1. The highest BCUT2D eigenvalue weighted by molar-refractivity contribution is 7.91. The van der Waals surface area contributed by atoms with Crippen LogP contribution in [0, 0.1) is 0 Å². The Morgan fingerprint density at radius 3 is 2.33 bits per heavy atom. The first-order valence-electron chi connectivity index (χ1n) is 5.36. The second-order valence-electron chi connectivity index (χ2n) is 3.58. The average Bonchev–Trinajstić information content (AvgIpc) is 2.36. The lowest BCUT2D eigenvalue weighted by atomic mass is 10.3. The molecule has 5 nitrogen and oxygen atoms in total. The SMILES string of the molecule is C=CCN(C(=O)O)c1ccc(S(=O)(=O)CC)cc1. The van der Waals surface area contributed by atoms with Gasteiger partial charge in [-0.05, 0) is 24.3 Å². The molecule has 6 heteroatoms. The number of carbonyl (C=O) groups is 1. The van der Waals surface area contributed by atoms with Crippen molar-refractivity contribution in [3.05, 3.63) is 36.9 Å². The zero-order valence-electron chi connectivity index (χ0n) is 10.0. The third-order valence-electron chi connectivity index (χ3n) is 2.43. The van der Waals surface area contributed by atoms with E-state index in [9.17, 15) is 13.2 Å². The first-order valence-corrected chi connectivity index (χ1v) is 7.01. The number of hydrogen-bond acceptors (Lipinski definition) is 3. The van der Waals surface area contributed by atoms with Crippen molar-refractivity contribution in [2.75, 3.05) is 17.2 Å². The molecule has 0 saturated carbocycles. The fraction of sp³-hybridized carbons (Fsp3) is 0.250. The van der Waals surface area contributed by atoms with Crippen LogP contribution in [0.15, 0.2) is 41.8 Å². The van der Waals surface area contributed by atoms with E-state index < -0.39 is 15.9 Å². The topological polar surface area (TPSA) is 74.7 Å². The van der Waals surface area contributed by atoms with Gasteiger partial charge in [-0.2, -0.15) is 0 Å². The number of anilines is 1. The van der Waals surface area contributed by atoms with Crippen molar-refractivity contribution in [3.8, 4) is 0 Å². The summed E-state index contributed by atoms with van der Waals surface area (Å²) < 4.78 is 23.2. The van der Waals surface area contributed by atoms with E-state index in [2.05, 4.69) is 6.58 Å². The molecule has 1 rings (SSSR count). The maximum Gasteiger partial charge on any atom is 0.412 e. The van der Waals surface area contributed by atoms with Gasteiger partial charge in [0.25, 0.3) is 0 Å². The largest absolute Gasteiger partial charge is 0.465 e. The van der Waals surface area contributed by atoms with Gasteiger partial charge >= 0.3 is 6.09 Å². The monoisotopic (exact) mass is 269 g/mol. The van der Waals surface area contributed by atoms with Crippen LogP contribution < -0.4 is 4.90 Å². The minimum atomic E-state index is -3.26. The molecule has 0 heterocycles. The van der Waals surface area contributed by atoms with E-state index in [1.54, 1.807) is 6.92 Å². The highest BCUT2D eigenvalue weighted by Crippen LogP contribution is 2.19. The van der Waals surface area contributed by atoms with Crippen molar-refractivity contribution in [1.29, 1.82) is 0 Å². The molecule has 0 aliphatic rings. The summed E-state index contributed by atoms with van der Waals surface area (Å²) >= 11 is 0. The molecule has 1 aromatic rings. The molecule has 0 bridgehead atoms. The number of nitrogens with zero attached hydrogens (tertiary/aromatic N) is 1. The number of benzene rings is 1. The first kappa shape index (κ1) is 14.2. The van der Waals surface area contributed by atoms with Crippen LogP contribution in [0.5, 0.6) is 0 Å². The fourth-order valence-electron chi connectivity index (χ4n) is 1.42. The smallest absolute Gasteiger partial charge is 0.412 e. The second-order valence-corrected chi connectivity index (χ2v) is 5.86. The molecule has 1 amide bonds. The van der Waals surface area contributed by atoms with E-state index in [-0.39, 0.29) is 17.2 Å². The number of amides is 1. The Kier molecular flexibility index (Phi) is 4.49. The van der Waals surface area contributed by atoms with E-state index in [1.165, 1.54) is 30.3 Å². The van der Waals surface area contributed by atoms with Gasteiger partial charge in [0, 0.05) is 12.2 Å². The van der Waals surface area contributed by atoms with Gasteiger partial charge in [-0.1, -0.05) is 13.0 Å². The standard InChI is InChI=1S/C12H15NO4S/c1-3-9-13(12(14)15)10-5-7-11(8-6-10)18(16,17)4-2/h3,5-8H,1,4,9H2,2H3,(H,14,15). The zero-order valence-corrected chi connectivity index (χ0v) is 10.9. The molecule has 1 aromatic carbocycles. The Morgan fingerprint density at radius 2 is 1.94 bits per heavy atom. The lowest BCUT2D eigenvalue weighted by Crippen LogP contribution is -2.29. The van der Waals surface area contributed by atoms with E-state index in [0.29, 0.717) is 5.69 Å². The molecule has 0 aliphatic carbocycles. The molecule has 0 spiro atoms. The summed E-state index contributed by atoms with van der Waals surface area (Å²) in [7, 11) is -3.26. The van der Waals surface area contributed by atoms with Crippen LogP contribution in [-0.2, 0) is 9.84 Å². The van der Waals surface area contributed by atoms with Crippen molar-refractivity contribution in [1.82, 2.24) is 0 Å². The van der Waals surface area contributed by atoms with Gasteiger partial charge in [0.15, 0.2) is 9.84 Å². The average molecular weight is 269 g/mol. The molecule has 98 valence electrons. The predicted molar refractivity (Wildman–Crippen MR) is 69.7 cm³/mol. The normalized spacial score (nSPS) is 10.9. The van der Waals surface area contributed by atoms with Crippen LogP contribution in [0.3, 0.4) is 0 Å². The summed E-state index contributed by atoms with van der Waals surface area (Å²) in [6.45, 7) is 5.19. The third kappa shape index (κ3) is 3.10. The van der Waals surface area contributed by atoms with Crippen molar-refractivity contribution in [2.45, 2.75) is 11.8 Å². The molecule has 18 heavy (non-hydrogen) atoms. The summed E-state index contributed by atoms with van der Waals surface area (Å²) in [4.78, 5) is 12.3. The molecule has 0 fully saturated rings. The summed E-state index contributed by atoms with van der Waals surface area (Å²) in [5, 5.41) is 8.99. The molecule has 0 atom stereocenters. The maximum absolute atomic E-state index is 11.6. The van der Waals surface area contributed by atoms with Crippen molar-refractivity contribution in [3.63, 3.8) is 0 Å². The van der Waals surface area contributed by atoms with Crippen LogP contribution in [0.25, 0.3) is 0 Å². The highest BCUT2D eigenvalue weighted by Gasteiger charge is 2.15. The Morgan fingerprint density at radius 1 is 1.39 bits per heavy atom. The molecular weight excluding hydrogens is 254 g/mol. The number of rotatable bonds is 5. The molecule has 0 aromatic heterocycles. The Bertz CT molecular complexity index is 534. The molecular formula is C12H15NO4S. The summed E-state index contributed by atoms with van der Waals surface area (Å²) in [5.74, 6) is 0.0155. The van der Waals surface area contributed by atoms with Crippen molar-refractivity contribution < 1.29 is 18.3 Å². The van der Waals surface area contributed by atoms with E-state index >= 15 is 0 Å². The van der Waals surface area contributed by atoms with Crippen molar-refractivity contribution in [2.24, 2.45) is 0 Å². The van der Waals surface area contributed by atoms with Crippen LogP contribution in [0.2, 0.25) is 0 Å². The Labute approximate surface area is 106 Å². The Balaban J connectivity index is 3.08. The minimum absolute atomic E-state index is 0.0155. The minimum Gasteiger partial charge on any atom is -0.465 e. The van der Waals surface area contributed by atoms with Gasteiger partial charge in [0.1, 0.15) is 0 Å². The third-order valence-corrected chi connectivity index (χ3v) is 4.18. The summed E-state index contributed by atoms with van der Waals surface area (Å²) in [5.41, 5.74) is 0.414. The van der Waals surface area contributed by atoms with E-state index in [4.69, 9.17) is 5.11 Å².